The minimum absolute atomic E-state index is 0.00994. The largest absolute Gasteiger partial charge is 0.441 e. The summed E-state index contributed by atoms with van der Waals surface area (Å²) in [7, 11) is 0. The van der Waals surface area contributed by atoms with Crippen molar-refractivity contribution in [1.29, 1.82) is 0 Å². The third kappa shape index (κ3) is 2.77. The predicted octanol–water partition coefficient (Wildman–Crippen LogP) is 2.29. The molecule has 2 aromatic carbocycles. The van der Waals surface area contributed by atoms with Crippen LogP contribution in [0.2, 0.25) is 0 Å². The first-order valence-corrected chi connectivity index (χ1v) is 8.33. The van der Waals surface area contributed by atoms with Gasteiger partial charge in [-0.2, -0.15) is 0 Å². The lowest BCUT2D eigenvalue weighted by Crippen LogP contribution is -2.35. The quantitative estimate of drug-likeness (QED) is 0.711. The second-order valence-electron chi connectivity index (χ2n) is 6.38. The number of nitrogens with zero attached hydrogens (tertiary/aromatic N) is 4. The van der Waals surface area contributed by atoms with E-state index in [0.29, 0.717) is 5.56 Å². The lowest BCUT2D eigenvalue weighted by atomic mass is 9.92. The zero-order chi connectivity index (χ0) is 19.1. The number of ether oxygens (including phenoxy) is 1. The molecule has 3 unspecified atom stereocenters. The van der Waals surface area contributed by atoms with Crippen molar-refractivity contribution in [3.63, 3.8) is 0 Å². The fraction of sp³-hybridized carbons (Fsp3) is 0.222. The topological polar surface area (TPSA) is 103 Å². The normalized spacial score (nSPS) is 20.7. The van der Waals surface area contributed by atoms with Crippen LogP contribution in [0.5, 0.6) is 0 Å². The molecule has 0 saturated carbocycles. The Kier molecular flexibility index (Phi) is 3.98. The molecule has 0 bridgehead atoms. The van der Waals surface area contributed by atoms with Crippen molar-refractivity contribution in [1.82, 2.24) is 20.1 Å². The number of nitrogens with two attached hydrogens (primary N) is 1. The number of halogens is 1. The number of benzene rings is 2. The molecule has 138 valence electrons. The Morgan fingerprint density at radius 2 is 1.93 bits per heavy atom. The second kappa shape index (κ2) is 6.35. The highest BCUT2D eigenvalue weighted by Crippen LogP contribution is 2.37. The van der Waals surface area contributed by atoms with Crippen molar-refractivity contribution in [3.8, 4) is 5.69 Å². The summed E-state index contributed by atoms with van der Waals surface area (Å²) in [6.07, 6.45) is -2.14. The summed E-state index contributed by atoms with van der Waals surface area (Å²) in [6.45, 7) is 1.50. The van der Waals surface area contributed by atoms with E-state index in [1.165, 1.54) is 6.92 Å². The van der Waals surface area contributed by atoms with Gasteiger partial charge in [-0.05, 0) is 36.8 Å². The van der Waals surface area contributed by atoms with Crippen LogP contribution in [0.1, 0.15) is 18.5 Å². The Morgan fingerprint density at radius 3 is 2.63 bits per heavy atom. The predicted molar refractivity (Wildman–Crippen MR) is 93.2 cm³/mol. The van der Waals surface area contributed by atoms with Crippen LogP contribution in [0.4, 0.5) is 9.28 Å². The molecule has 1 aliphatic rings. The molecule has 0 radical (unpaired) electrons. The van der Waals surface area contributed by atoms with Crippen LogP contribution in [0.3, 0.4) is 0 Å². The molecule has 9 heteroatoms. The maximum atomic E-state index is 14.3. The molecule has 4 rings (SSSR count). The summed E-state index contributed by atoms with van der Waals surface area (Å²) in [4.78, 5) is 23.1. The Labute approximate surface area is 153 Å². The third-order valence-corrected chi connectivity index (χ3v) is 4.74. The van der Waals surface area contributed by atoms with Gasteiger partial charge in [0.2, 0.25) is 5.91 Å². The monoisotopic (exact) mass is 369 g/mol. The van der Waals surface area contributed by atoms with Gasteiger partial charge in [-0.3, -0.25) is 4.79 Å². The number of amides is 2. The van der Waals surface area contributed by atoms with Gasteiger partial charge in [0.05, 0.1) is 17.1 Å². The van der Waals surface area contributed by atoms with Crippen LogP contribution in [0.25, 0.3) is 16.7 Å². The smallest absolute Gasteiger partial charge is 0.439 e. The maximum absolute atomic E-state index is 14.3. The van der Waals surface area contributed by atoms with Gasteiger partial charge < -0.3 is 10.5 Å². The summed E-state index contributed by atoms with van der Waals surface area (Å²) < 4.78 is 21.0. The van der Waals surface area contributed by atoms with Crippen LogP contribution in [0, 0.1) is 5.92 Å². The van der Waals surface area contributed by atoms with Crippen molar-refractivity contribution in [2.45, 2.75) is 19.1 Å². The Bertz CT molecular complexity index is 1020. The highest BCUT2D eigenvalue weighted by molar-refractivity contribution is 5.79. The maximum Gasteiger partial charge on any atom is 0.439 e. The average molecular weight is 369 g/mol. The molecule has 2 amide bonds. The van der Waals surface area contributed by atoms with E-state index < -0.39 is 30.1 Å². The van der Waals surface area contributed by atoms with Gasteiger partial charge >= 0.3 is 6.09 Å². The number of rotatable bonds is 4. The van der Waals surface area contributed by atoms with Gasteiger partial charge in [-0.25, -0.2) is 9.48 Å². The zero-order valence-electron chi connectivity index (χ0n) is 14.3. The fourth-order valence-electron chi connectivity index (χ4n) is 3.20. The summed E-state index contributed by atoms with van der Waals surface area (Å²) >= 11 is 0. The Hall–Kier alpha value is -3.49. The first kappa shape index (κ1) is 17.0. The van der Waals surface area contributed by atoms with Crippen LogP contribution < -0.4 is 5.73 Å². The van der Waals surface area contributed by atoms with E-state index in [1.807, 2.05) is 24.3 Å². The molecule has 0 spiro atoms. The van der Waals surface area contributed by atoms with E-state index in [1.54, 1.807) is 28.9 Å². The number of fused-ring (bicyclic) bond motifs is 1. The van der Waals surface area contributed by atoms with E-state index in [4.69, 9.17) is 10.5 Å². The van der Waals surface area contributed by atoms with E-state index in [-0.39, 0.29) is 5.12 Å². The average Bonchev–Trinajstić information content (AvgIpc) is 3.23. The lowest BCUT2D eigenvalue weighted by Gasteiger charge is -2.22. The number of para-hydroxylation sites is 1. The summed E-state index contributed by atoms with van der Waals surface area (Å²) in [6, 6.07) is 13.2. The molecule has 3 atom stereocenters. The zero-order valence-corrected chi connectivity index (χ0v) is 14.3. The molecule has 27 heavy (non-hydrogen) atoms. The highest BCUT2D eigenvalue weighted by atomic mass is 19.2. The summed E-state index contributed by atoms with van der Waals surface area (Å²) in [5, 5.41) is 8.22. The number of cyclic esters (lactones) is 1. The number of primary amides is 1. The fourth-order valence-corrected chi connectivity index (χ4v) is 3.20. The van der Waals surface area contributed by atoms with Crippen molar-refractivity contribution in [2.75, 3.05) is 0 Å². The van der Waals surface area contributed by atoms with E-state index in [9.17, 15) is 14.1 Å². The number of hydrogen-bond donors (Lipinski definition) is 1. The number of aromatic nitrogens is 3. The van der Waals surface area contributed by atoms with Crippen LogP contribution >= 0.6 is 0 Å². The molecule has 2 heterocycles. The molecular weight excluding hydrogens is 353 g/mol. The van der Waals surface area contributed by atoms with Gasteiger partial charge in [-0.1, -0.05) is 34.0 Å². The number of hydrogen-bond acceptors (Lipinski definition) is 5. The van der Waals surface area contributed by atoms with Gasteiger partial charge in [0.1, 0.15) is 17.7 Å². The van der Waals surface area contributed by atoms with Crippen LogP contribution in [-0.4, -0.2) is 38.2 Å². The SMILES string of the molecule is CC(C(N)=O)C1OC(=O)N(F)C1c1ccc(-n2nnc3ccccc32)cc1. The molecule has 2 N–H and O–H groups in total. The minimum atomic E-state index is -1.13. The molecule has 8 nitrogen and oxygen atoms in total. The number of carbonyl (C=O) groups is 2. The molecule has 1 fully saturated rings. The lowest BCUT2D eigenvalue weighted by molar-refractivity contribution is -0.124. The van der Waals surface area contributed by atoms with Gasteiger partial charge in [-0.15, -0.1) is 10.2 Å². The Morgan fingerprint density at radius 1 is 1.22 bits per heavy atom. The van der Waals surface area contributed by atoms with Crippen molar-refractivity contribution >= 4 is 23.0 Å². The first-order valence-electron chi connectivity index (χ1n) is 8.33. The Balaban J connectivity index is 1.68. The standard InChI is InChI=1S/C18H16FN5O3/c1-10(17(20)25)16-15(23(19)18(26)27-16)11-6-8-12(9-7-11)24-14-5-3-2-4-13(14)21-22-24/h2-10,15-16H,1H3,(H2,20,25). The second-order valence-corrected chi connectivity index (χ2v) is 6.38. The van der Waals surface area contributed by atoms with E-state index in [2.05, 4.69) is 10.3 Å². The first-order chi connectivity index (χ1) is 13.0. The molecular formula is C18H16FN5O3. The van der Waals surface area contributed by atoms with Gasteiger partial charge in [0.25, 0.3) is 0 Å². The van der Waals surface area contributed by atoms with Crippen molar-refractivity contribution in [3.05, 3.63) is 54.1 Å². The molecule has 3 aromatic rings. The summed E-state index contributed by atoms with van der Waals surface area (Å²) in [5.41, 5.74) is 8.09. The molecule has 1 aliphatic heterocycles. The summed E-state index contributed by atoms with van der Waals surface area (Å²) in [5.74, 6) is -1.50. The van der Waals surface area contributed by atoms with Crippen LogP contribution in [0.15, 0.2) is 48.5 Å². The minimum Gasteiger partial charge on any atom is -0.441 e. The third-order valence-electron chi connectivity index (χ3n) is 4.74. The van der Waals surface area contributed by atoms with Gasteiger partial charge in [0, 0.05) is 0 Å². The molecule has 0 aliphatic carbocycles. The van der Waals surface area contributed by atoms with E-state index >= 15 is 0 Å². The van der Waals surface area contributed by atoms with Crippen LogP contribution in [-0.2, 0) is 9.53 Å². The van der Waals surface area contributed by atoms with E-state index in [0.717, 1.165) is 16.7 Å². The number of carbonyl (C=O) groups excluding carboxylic acids is 2. The molecule has 1 aromatic heterocycles. The van der Waals surface area contributed by atoms with Gasteiger partial charge in [0.15, 0.2) is 0 Å². The van der Waals surface area contributed by atoms with Crippen molar-refractivity contribution in [2.24, 2.45) is 11.7 Å². The van der Waals surface area contributed by atoms with Crippen molar-refractivity contribution < 1.29 is 18.8 Å². The molecule has 1 saturated heterocycles. The highest BCUT2D eigenvalue weighted by Gasteiger charge is 2.47.